The maximum atomic E-state index is 11.8. The van der Waals surface area contributed by atoms with Gasteiger partial charge in [-0.2, -0.15) is 0 Å². The normalized spacial score (nSPS) is 18.2. The maximum Gasteiger partial charge on any atom is 0.326 e. The zero-order valence-electron chi connectivity index (χ0n) is 11.5. The Morgan fingerprint density at radius 2 is 2.00 bits per heavy atom. The van der Waals surface area contributed by atoms with E-state index in [4.69, 9.17) is 0 Å². The Balaban J connectivity index is 2.16. The second kappa shape index (κ2) is 4.51. The number of aryl methyl sites for hydroxylation is 1. The fraction of sp³-hybridized carbons (Fsp3) is 0.467. The van der Waals surface area contributed by atoms with E-state index < -0.39 is 11.4 Å². The number of H-pyrrole nitrogens is 1. The molecule has 1 aliphatic carbocycles. The summed E-state index contributed by atoms with van der Waals surface area (Å²) in [6.45, 7) is 0. The van der Waals surface area contributed by atoms with E-state index in [1.807, 2.05) is 18.2 Å². The number of carboxylic acids is 1. The minimum Gasteiger partial charge on any atom is -0.481 e. The van der Waals surface area contributed by atoms with Crippen molar-refractivity contribution in [3.05, 3.63) is 34.2 Å². The Kier molecular flexibility index (Phi) is 2.92. The van der Waals surface area contributed by atoms with Crippen molar-refractivity contribution in [1.82, 2.24) is 9.55 Å². The molecule has 2 N–H and O–H groups in total. The number of nitrogens with one attached hydrogen (secondary N) is 1. The third-order valence-electron chi connectivity index (χ3n) is 4.57. The first-order valence-electron chi connectivity index (χ1n) is 6.97. The molecule has 0 atom stereocenters. The molecule has 1 aliphatic rings. The number of hydrogen-bond acceptors (Lipinski definition) is 2. The monoisotopic (exact) mass is 274 g/mol. The van der Waals surface area contributed by atoms with Crippen molar-refractivity contribution in [1.29, 1.82) is 0 Å². The molecule has 1 fully saturated rings. The summed E-state index contributed by atoms with van der Waals surface area (Å²) in [6.07, 6.45) is 4.32. The van der Waals surface area contributed by atoms with Gasteiger partial charge in [-0.1, -0.05) is 25.3 Å². The molecule has 5 heteroatoms. The topological polar surface area (TPSA) is 75.1 Å². The summed E-state index contributed by atoms with van der Waals surface area (Å²) in [5, 5.41) is 9.70. The third-order valence-corrected chi connectivity index (χ3v) is 4.57. The Labute approximate surface area is 116 Å². The van der Waals surface area contributed by atoms with Gasteiger partial charge in [-0.15, -0.1) is 0 Å². The van der Waals surface area contributed by atoms with E-state index in [-0.39, 0.29) is 5.69 Å². The molecule has 20 heavy (non-hydrogen) atoms. The maximum absolute atomic E-state index is 11.8. The van der Waals surface area contributed by atoms with Crippen LogP contribution in [0, 0.1) is 0 Å². The van der Waals surface area contributed by atoms with E-state index >= 15 is 0 Å². The number of carbonyl (C=O) groups is 1. The van der Waals surface area contributed by atoms with Crippen molar-refractivity contribution in [2.45, 2.75) is 37.5 Å². The van der Waals surface area contributed by atoms with Gasteiger partial charge in [0.2, 0.25) is 0 Å². The molecule has 3 rings (SSSR count). The van der Waals surface area contributed by atoms with E-state index in [9.17, 15) is 14.7 Å². The zero-order chi connectivity index (χ0) is 14.3. The fourth-order valence-corrected chi connectivity index (χ4v) is 3.32. The predicted molar refractivity (Wildman–Crippen MR) is 75.9 cm³/mol. The van der Waals surface area contributed by atoms with Crippen LogP contribution in [0.2, 0.25) is 0 Å². The Morgan fingerprint density at radius 1 is 1.30 bits per heavy atom. The van der Waals surface area contributed by atoms with Crippen LogP contribution in [0.5, 0.6) is 0 Å². The van der Waals surface area contributed by atoms with Gasteiger partial charge >= 0.3 is 11.7 Å². The molecular weight excluding hydrogens is 256 g/mol. The lowest BCUT2D eigenvalue weighted by Crippen LogP contribution is -2.37. The van der Waals surface area contributed by atoms with Crippen LogP contribution in [0.15, 0.2) is 23.0 Å². The van der Waals surface area contributed by atoms with Crippen LogP contribution in [0.4, 0.5) is 0 Å². The molecule has 0 radical (unpaired) electrons. The number of imidazole rings is 1. The largest absolute Gasteiger partial charge is 0.481 e. The van der Waals surface area contributed by atoms with Crippen molar-refractivity contribution in [3.8, 4) is 0 Å². The molecule has 0 saturated heterocycles. The van der Waals surface area contributed by atoms with Gasteiger partial charge in [0.15, 0.2) is 0 Å². The van der Waals surface area contributed by atoms with Crippen molar-refractivity contribution in [2.24, 2.45) is 7.05 Å². The summed E-state index contributed by atoms with van der Waals surface area (Å²) < 4.78 is 1.54. The van der Waals surface area contributed by atoms with Crippen molar-refractivity contribution >= 4 is 17.0 Å². The fourth-order valence-electron chi connectivity index (χ4n) is 3.32. The Morgan fingerprint density at radius 3 is 2.65 bits per heavy atom. The number of fused-ring (bicyclic) bond motifs is 1. The number of aromatic amines is 1. The molecular formula is C15H18N2O3. The van der Waals surface area contributed by atoms with Gasteiger partial charge in [0.25, 0.3) is 0 Å². The van der Waals surface area contributed by atoms with Crippen LogP contribution < -0.4 is 5.69 Å². The molecule has 106 valence electrons. The SMILES string of the molecule is Cn1c(=O)[nH]c2cc(C3(C(=O)O)CCCCC3)ccc21. The van der Waals surface area contributed by atoms with Gasteiger partial charge in [0.1, 0.15) is 0 Å². The summed E-state index contributed by atoms with van der Waals surface area (Å²) in [5.74, 6) is -0.755. The van der Waals surface area contributed by atoms with E-state index in [2.05, 4.69) is 4.98 Å². The van der Waals surface area contributed by atoms with Crippen LogP contribution >= 0.6 is 0 Å². The number of nitrogens with zero attached hydrogens (tertiary/aromatic N) is 1. The number of aromatic nitrogens is 2. The first-order valence-corrected chi connectivity index (χ1v) is 6.97. The first-order chi connectivity index (χ1) is 9.54. The van der Waals surface area contributed by atoms with Crippen LogP contribution in [-0.2, 0) is 17.3 Å². The average Bonchev–Trinajstić information content (AvgIpc) is 2.74. The predicted octanol–water partition coefficient (Wildman–Crippen LogP) is 2.15. The number of aliphatic carboxylic acids is 1. The lowest BCUT2D eigenvalue weighted by molar-refractivity contribution is -0.145. The molecule has 0 spiro atoms. The van der Waals surface area contributed by atoms with Gasteiger partial charge in [-0.25, -0.2) is 4.79 Å². The molecule has 5 nitrogen and oxygen atoms in total. The highest BCUT2D eigenvalue weighted by Gasteiger charge is 2.41. The molecule has 2 aromatic rings. The van der Waals surface area contributed by atoms with Crippen molar-refractivity contribution < 1.29 is 9.90 Å². The first kappa shape index (κ1) is 13.0. The number of benzene rings is 1. The molecule has 0 amide bonds. The minimum atomic E-state index is -0.792. The molecule has 0 aliphatic heterocycles. The van der Waals surface area contributed by atoms with Gasteiger partial charge in [0, 0.05) is 7.05 Å². The summed E-state index contributed by atoms with van der Waals surface area (Å²) in [7, 11) is 1.70. The molecule has 1 aromatic heterocycles. The van der Waals surface area contributed by atoms with Crippen molar-refractivity contribution in [3.63, 3.8) is 0 Å². The van der Waals surface area contributed by atoms with Gasteiger partial charge in [0.05, 0.1) is 16.4 Å². The Bertz CT molecular complexity index is 720. The quantitative estimate of drug-likeness (QED) is 0.881. The third kappa shape index (κ3) is 1.77. The van der Waals surface area contributed by atoms with E-state index in [0.717, 1.165) is 30.3 Å². The number of hydrogen-bond donors (Lipinski definition) is 2. The smallest absolute Gasteiger partial charge is 0.326 e. The molecule has 0 unspecified atom stereocenters. The van der Waals surface area contributed by atoms with Gasteiger partial charge in [-0.05, 0) is 30.5 Å². The summed E-state index contributed by atoms with van der Waals surface area (Å²) in [4.78, 5) is 26.2. The molecule has 1 saturated carbocycles. The highest BCUT2D eigenvalue weighted by Crippen LogP contribution is 2.40. The summed E-state index contributed by atoms with van der Waals surface area (Å²) >= 11 is 0. The highest BCUT2D eigenvalue weighted by molar-refractivity contribution is 5.84. The lowest BCUT2D eigenvalue weighted by atomic mass is 9.69. The highest BCUT2D eigenvalue weighted by atomic mass is 16.4. The summed E-state index contributed by atoms with van der Waals surface area (Å²) in [6, 6.07) is 5.52. The van der Waals surface area contributed by atoms with E-state index in [1.165, 1.54) is 4.57 Å². The minimum absolute atomic E-state index is 0.176. The number of carboxylic acid groups (broad SMARTS) is 1. The molecule has 1 aromatic carbocycles. The van der Waals surface area contributed by atoms with Crippen LogP contribution in [0.3, 0.4) is 0 Å². The van der Waals surface area contributed by atoms with E-state index in [0.29, 0.717) is 18.4 Å². The van der Waals surface area contributed by atoms with Gasteiger partial charge in [-0.3, -0.25) is 9.36 Å². The van der Waals surface area contributed by atoms with Crippen LogP contribution in [0.25, 0.3) is 11.0 Å². The second-order valence-corrected chi connectivity index (χ2v) is 5.67. The van der Waals surface area contributed by atoms with Crippen LogP contribution in [-0.4, -0.2) is 20.6 Å². The number of rotatable bonds is 2. The lowest BCUT2D eigenvalue weighted by Gasteiger charge is -2.33. The summed E-state index contributed by atoms with van der Waals surface area (Å²) in [5.41, 5.74) is 1.35. The molecule has 0 bridgehead atoms. The van der Waals surface area contributed by atoms with Crippen molar-refractivity contribution in [2.75, 3.05) is 0 Å². The standard InChI is InChI=1S/C15H18N2O3/c1-17-12-6-5-10(9-11(12)16-14(17)20)15(13(18)19)7-3-2-4-8-15/h5-6,9H,2-4,7-8H2,1H3,(H,16,20)(H,18,19). The average molecular weight is 274 g/mol. The van der Waals surface area contributed by atoms with Gasteiger partial charge < -0.3 is 10.1 Å². The van der Waals surface area contributed by atoms with Crippen LogP contribution in [0.1, 0.15) is 37.7 Å². The zero-order valence-corrected chi connectivity index (χ0v) is 11.5. The molecule has 1 heterocycles. The Hall–Kier alpha value is -2.04. The second-order valence-electron chi connectivity index (χ2n) is 5.67. The van der Waals surface area contributed by atoms with E-state index in [1.54, 1.807) is 7.05 Å².